The number of aromatic nitrogens is 3. The van der Waals surface area contributed by atoms with Gasteiger partial charge in [0.1, 0.15) is 11.6 Å². The number of hydrogen-bond donors (Lipinski definition) is 2. The maximum absolute atomic E-state index is 13.2. The minimum absolute atomic E-state index is 0.273. The second kappa shape index (κ2) is 10.3. The summed E-state index contributed by atoms with van der Waals surface area (Å²) in [6, 6.07) is 11.6. The van der Waals surface area contributed by atoms with Gasteiger partial charge in [0.2, 0.25) is 17.8 Å². The molecule has 0 aliphatic carbocycles. The molecule has 9 nitrogen and oxygen atoms in total. The van der Waals surface area contributed by atoms with Crippen molar-refractivity contribution in [2.24, 2.45) is 5.10 Å². The topological polar surface area (TPSA) is 96.8 Å². The van der Waals surface area contributed by atoms with E-state index in [1.807, 2.05) is 23.1 Å². The van der Waals surface area contributed by atoms with E-state index >= 15 is 0 Å². The zero-order valence-corrected chi connectivity index (χ0v) is 18.8. The van der Waals surface area contributed by atoms with Gasteiger partial charge in [-0.2, -0.15) is 20.1 Å². The highest BCUT2D eigenvalue weighted by Crippen LogP contribution is 2.25. The van der Waals surface area contributed by atoms with Crippen molar-refractivity contribution in [3.05, 3.63) is 58.3 Å². The third kappa shape index (κ3) is 5.68. The minimum Gasteiger partial charge on any atom is -0.496 e. The number of nitrogens with one attached hydrogen (secondary N) is 2. The number of methoxy groups -OCH3 is 1. The first-order valence-corrected chi connectivity index (χ1v) is 10.6. The Hall–Kier alpha value is -3.31. The molecule has 1 saturated heterocycles. The van der Waals surface area contributed by atoms with Crippen molar-refractivity contribution < 1.29 is 13.9 Å². The molecule has 1 fully saturated rings. The first kappa shape index (κ1) is 21.9. The van der Waals surface area contributed by atoms with E-state index in [0.717, 1.165) is 15.8 Å². The van der Waals surface area contributed by atoms with Crippen LogP contribution in [0.4, 0.5) is 27.9 Å². The van der Waals surface area contributed by atoms with Crippen molar-refractivity contribution in [3.8, 4) is 5.75 Å². The number of morpholine rings is 1. The molecule has 1 aromatic heterocycles. The summed E-state index contributed by atoms with van der Waals surface area (Å²) in [6.07, 6.45) is 1.65. The third-order valence-electron chi connectivity index (χ3n) is 4.57. The molecule has 0 amide bonds. The summed E-state index contributed by atoms with van der Waals surface area (Å²) in [6.45, 7) is 2.53. The minimum atomic E-state index is -0.318. The monoisotopic (exact) mass is 501 g/mol. The van der Waals surface area contributed by atoms with E-state index in [4.69, 9.17) is 9.47 Å². The zero-order valence-electron chi connectivity index (χ0n) is 17.3. The fraction of sp³-hybridized carbons (Fsp3) is 0.238. The van der Waals surface area contributed by atoms with Crippen LogP contribution in [0.3, 0.4) is 0 Å². The van der Waals surface area contributed by atoms with E-state index in [-0.39, 0.29) is 11.8 Å². The fourth-order valence-electron chi connectivity index (χ4n) is 2.97. The molecule has 0 bridgehead atoms. The van der Waals surface area contributed by atoms with Gasteiger partial charge in [0.25, 0.3) is 0 Å². The predicted octanol–water partition coefficient (Wildman–Crippen LogP) is 3.81. The zero-order chi connectivity index (χ0) is 22.3. The standard InChI is InChI=1S/C21H21BrFN7O2/c1-31-18-7-2-14(12-17(18)22)13-24-29-20-26-19(25-16-5-3-15(23)4-6-16)27-21(28-20)30-8-10-32-11-9-30/h2-7,12-13H,8-11H2,1H3,(H2,25,26,27,28,29)/b24-13-. The van der Waals surface area contributed by atoms with Crippen LogP contribution in [0.2, 0.25) is 0 Å². The highest BCUT2D eigenvalue weighted by molar-refractivity contribution is 9.10. The van der Waals surface area contributed by atoms with Crippen molar-refractivity contribution in [2.75, 3.05) is 49.1 Å². The van der Waals surface area contributed by atoms with Crippen LogP contribution in [0.15, 0.2) is 52.0 Å². The van der Waals surface area contributed by atoms with E-state index in [2.05, 4.69) is 46.7 Å². The molecule has 0 saturated carbocycles. The third-order valence-corrected chi connectivity index (χ3v) is 5.19. The van der Waals surface area contributed by atoms with Crippen LogP contribution in [-0.2, 0) is 4.74 Å². The number of rotatable bonds is 7. The van der Waals surface area contributed by atoms with Crippen molar-refractivity contribution in [2.45, 2.75) is 0 Å². The lowest BCUT2D eigenvalue weighted by Crippen LogP contribution is -2.37. The van der Waals surface area contributed by atoms with Crippen LogP contribution < -0.4 is 20.4 Å². The number of halogens is 2. The summed E-state index contributed by atoms with van der Waals surface area (Å²) in [5, 5.41) is 7.32. The Labute approximate surface area is 192 Å². The van der Waals surface area contributed by atoms with Gasteiger partial charge in [-0.3, -0.25) is 0 Å². The van der Waals surface area contributed by atoms with Crippen LogP contribution in [-0.4, -0.2) is 54.6 Å². The molecule has 1 aliphatic heterocycles. The van der Waals surface area contributed by atoms with E-state index in [1.54, 1.807) is 25.5 Å². The largest absolute Gasteiger partial charge is 0.496 e. The molecule has 32 heavy (non-hydrogen) atoms. The number of ether oxygens (including phenoxy) is 2. The van der Waals surface area contributed by atoms with E-state index in [9.17, 15) is 4.39 Å². The molecule has 4 rings (SSSR count). The summed E-state index contributed by atoms with van der Waals surface area (Å²) in [5.74, 6) is 1.51. The highest BCUT2D eigenvalue weighted by Gasteiger charge is 2.16. The van der Waals surface area contributed by atoms with Gasteiger partial charge in [-0.05, 0) is 64.0 Å². The van der Waals surface area contributed by atoms with Crippen molar-refractivity contribution >= 4 is 45.7 Å². The normalized spacial score (nSPS) is 13.9. The average Bonchev–Trinajstić information content (AvgIpc) is 2.81. The summed E-state index contributed by atoms with van der Waals surface area (Å²) in [5.41, 5.74) is 4.37. The summed E-state index contributed by atoms with van der Waals surface area (Å²) < 4.78 is 24.7. The molecule has 2 aromatic carbocycles. The van der Waals surface area contributed by atoms with Gasteiger partial charge in [0.05, 0.1) is 31.0 Å². The average molecular weight is 502 g/mol. The smallest absolute Gasteiger partial charge is 0.250 e. The van der Waals surface area contributed by atoms with Gasteiger partial charge in [0.15, 0.2) is 0 Å². The van der Waals surface area contributed by atoms with Crippen molar-refractivity contribution in [3.63, 3.8) is 0 Å². The van der Waals surface area contributed by atoms with Gasteiger partial charge in [-0.15, -0.1) is 0 Å². The number of benzene rings is 2. The lowest BCUT2D eigenvalue weighted by Gasteiger charge is -2.27. The molecule has 0 spiro atoms. The van der Waals surface area contributed by atoms with Crippen LogP contribution in [0.5, 0.6) is 5.75 Å². The Morgan fingerprint density at radius 1 is 1.09 bits per heavy atom. The molecule has 0 unspecified atom stereocenters. The first-order chi connectivity index (χ1) is 15.6. The van der Waals surface area contributed by atoms with E-state index in [0.29, 0.717) is 43.9 Å². The SMILES string of the molecule is COc1ccc(/C=N\Nc2nc(Nc3ccc(F)cc3)nc(N3CCOCC3)n2)cc1Br. The molecule has 0 radical (unpaired) electrons. The Kier molecular flexibility index (Phi) is 7.07. The van der Waals surface area contributed by atoms with Gasteiger partial charge in [-0.1, -0.05) is 0 Å². The highest BCUT2D eigenvalue weighted by atomic mass is 79.9. The van der Waals surface area contributed by atoms with Gasteiger partial charge >= 0.3 is 0 Å². The van der Waals surface area contributed by atoms with Gasteiger partial charge in [-0.25, -0.2) is 9.82 Å². The van der Waals surface area contributed by atoms with Gasteiger partial charge < -0.3 is 19.7 Å². The number of hydrogen-bond acceptors (Lipinski definition) is 9. The number of anilines is 4. The maximum Gasteiger partial charge on any atom is 0.250 e. The Bertz CT molecular complexity index is 1090. The molecule has 3 aromatic rings. The van der Waals surface area contributed by atoms with Crippen LogP contribution in [0, 0.1) is 5.82 Å². The van der Waals surface area contributed by atoms with Crippen LogP contribution >= 0.6 is 15.9 Å². The molecule has 11 heteroatoms. The number of hydrazone groups is 1. The molecule has 0 atom stereocenters. The Balaban J connectivity index is 1.55. The summed E-state index contributed by atoms with van der Waals surface area (Å²) in [4.78, 5) is 15.4. The summed E-state index contributed by atoms with van der Waals surface area (Å²) in [7, 11) is 1.61. The molecule has 166 valence electrons. The first-order valence-electron chi connectivity index (χ1n) is 9.85. The van der Waals surface area contributed by atoms with Crippen molar-refractivity contribution in [1.82, 2.24) is 15.0 Å². The molecular weight excluding hydrogens is 481 g/mol. The summed E-state index contributed by atoms with van der Waals surface area (Å²) >= 11 is 3.46. The molecule has 2 N–H and O–H groups in total. The van der Waals surface area contributed by atoms with E-state index in [1.165, 1.54) is 12.1 Å². The predicted molar refractivity (Wildman–Crippen MR) is 124 cm³/mol. The fourth-order valence-corrected chi connectivity index (χ4v) is 3.52. The van der Waals surface area contributed by atoms with Crippen LogP contribution in [0.25, 0.3) is 0 Å². The lowest BCUT2D eigenvalue weighted by atomic mass is 10.2. The molecular formula is C21H21BrFN7O2. The Morgan fingerprint density at radius 2 is 1.84 bits per heavy atom. The number of nitrogens with zero attached hydrogens (tertiary/aromatic N) is 5. The van der Waals surface area contributed by atoms with Gasteiger partial charge in [0, 0.05) is 18.8 Å². The quantitative estimate of drug-likeness (QED) is 0.372. The second-order valence-electron chi connectivity index (χ2n) is 6.78. The Morgan fingerprint density at radius 3 is 2.56 bits per heavy atom. The molecule has 1 aliphatic rings. The molecule has 2 heterocycles. The lowest BCUT2D eigenvalue weighted by molar-refractivity contribution is 0.122. The second-order valence-corrected chi connectivity index (χ2v) is 7.63. The van der Waals surface area contributed by atoms with E-state index < -0.39 is 0 Å². The maximum atomic E-state index is 13.2. The van der Waals surface area contributed by atoms with Crippen molar-refractivity contribution in [1.29, 1.82) is 0 Å². The van der Waals surface area contributed by atoms with Crippen LogP contribution in [0.1, 0.15) is 5.56 Å².